The van der Waals surface area contributed by atoms with Gasteiger partial charge in [-0.05, 0) is 31.4 Å². The van der Waals surface area contributed by atoms with Gasteiger partial charge in [0, 0.05) is 12.7 Å². The maximum absolute atomic E-state index is 6.14. The monoisotopic (exact) mass is 243 g/mol. The second-order valence-corrected chi connectivity index (χ2v) is 5.30. The summed E-state index contributed by atoms with van der Waals surface area (Å²) < 4.78 is 2.11. The molecule has 2 rings (SSSR count). The molecule has 0 aliphatic heterocycles. The van der Waals surface area contributed by atoms with Crippen molar-refractivity contribution in [2.24, 2.45) is 5.73 Å². The molecule has 2 N–H and O–H groups in total. The third kappa shape index (κ3) is 2.79. The normalized spacial score (nSPS) is 11.8. The van der Waals surface area contributed by atoms with Crippen LogP contribution in [0.1, 0.15) is 37.6 Å². The maximum atomic E-state index is 6.14. The van der Waals surface area contributed by atoms with E-state index in [1.165, 1.54) is 11.1 Å². The van der Waals surface area contributed by atoms with Crippen molar-refractivity contribution in [2.45, 2.75) is 39.3 Å². The third-order valence-electron chi connectivity index (χ3n) is 3.16. The van der Waals surface area contributed by atoms with Crippen LogP contribution in [0.2, 0.25) is 0 Å². The molecule has 96 valence electrons. The van der Waals surface area contributed by atoms with Crippen molar-refractivity contribution in [3.63, 3.8) is 0 Å². The third-order valence-corrected chi connectivity index (χ3v) is 3.16. The van der Waals surface area contributed by atoms with Crippen molar-refractivity contribution >= 4 is 0 Å². The van der Waals surface area contributed by atoms with E-state index in [0.717, 1.165) is 18.7 Å². The number of hydrogen-bond donors (Lipinski definition) is 1. The van der Waals surface area contributed by atoms with Gasteiger partial charge in [0.05, 0.1) is 17.6 Å². The molecule has 0 spiro atoms. The fourth-order valence-electron chi connectivity index (χ4n) is 2.06. The lowest BCUT2D eigenvalue weighted by molar-refractivity contribution is 0.503. The van der Waals surface area contributed by atoms with E-state index in [9.17, 15) is 0 Å². The molecule has 2 aromatic rings. The van der Waals surface area contributed by atoms with Crippen LogP contribution >= 0.6 is 0 Å². The van der Waals surface area contributed by atoms with E-state index < -0.39 is 0 Å². The lowest BCUT2D eigenvalue weighted by Crippen LogP contribution is -2.31. The standard InChI is InChI=1S/C15H21N3/c1-4-12-5-7-13(8-6-12)10-18-11-17-9-14(18)15(2,3)16/h5-9,11H,4,10,16H2,1-3H3. The zero-order valence-corrected chi connectivity index (χ0v) is 11.4. The Morgan fingerprint density at radius 3 is 2.33 bits per heavy atom. The Labute approximate surface area is 109 Å². The van der Waals surface area contributed by atoms with E-state index in [0.29, 0.717) is 0 Å². The molecular formula is C15H21N3. The molecule has 0 radical (unpaired) electrons. The Morgan fingerprint density at radius 1 is 1.17 bits per heavy atom. The van der Waals surface area contributed by atoms with Gasteiger partial charge in [0.25, 0.3) is 0 Å². The van der Waals surface area contributed by atoms with Crippen LogP contribution in [0.3, 0.4) is 0 Å². The molecule has 0 atom stereocenters. The number of rotatable bonds is 4. The molecule has 1 aromatic heterocycles. The highest BCUT2D eigenvalue weighted by Gasteiger charge is 2.18. The van der Waals surface area contributed by atoms with Crippen molar-refractivity contribution in [1.29, 1.82) is 0 Å². The van der Waals surface area contributed by atoms with Crippen molar-refractivity contribution in [2.75, 3.05) is 0 Å². The molecule has 0 bridgehead atoms. The number of nitrogens with zero attached hydrogens (tertiary/aromatic N) is 2. The van der Waals surface area contributed by atoms with Crippen LogP contribution in [0, 0.1) is 0 Å². The molecule has 0 fully saturated rings. The van der Waals surface area contributed by atoms with E-state index >= 15 is 0 Å². The highest BCUT2D eigenvalue weighted by molar-refractivity contribution is 5.23. The van der Waals surface area contributed by atoms with E-state index in [2.05, 4.69) is 40.7 Å². The number of aromatic nitrogens is 2. The summed E-state index contributed by atoms with van der Waals surface area (Å²) in [7, 11) is 0. The Kier molecular flexibility index (Phi) is 3.53. The number of imidazole rings is 1. The molecule has 0 unspecified atom stereocenters. The summed E-state index contributed by atoms with van der Waals surface area (Å²) >= 11 is 0. The molecular weight excluding hydrogens is 222 g/mol. The fraction of sp³-hybridized carbons (Fsp3) is 0.400. The minimum atomic E-state index is -0.361. The summed E-state index contributed by atoms with van der Waals surface area (Å²) in [6, 6.07) is 8.71. The minimum Gasteiger partial charge on any atom is -0.328 e. The summed E-state index contributed by atoms with van der Waals surface area (Å²) in [6.45, 7) is 6.99. The summed E-state index contributed by atoms with van der Waals surface area (Å²) in [5.41, 5.74) is 9.48. The minimum absolute atomic E-state index is 0.361. The second-order valence-electron chi connectivity index (χ2n) is 5.30. The summed E-state index contributed by atoms with van der Waals surface area (Å²) in [5, 5.41) is 0. The van der Waals surface area contributed by atoms with Gasteiger partial charge in [0.15, 0.2) is 0 Å². The maximum Gasteiger partial charge on any atom is 0.0951 e. The first kappa shape index (κ1) is 12.8. The number of hydrogen-bond acceptors (Lipinski definition) is 2. The Morgan fingerprint density at radius 2 is 1.78 bits per heavy atom. The first-order valence-corrected chi connectivity index (χ1v) is 6.38. The molecule has 0 saturated heterocycles. The largest absolute Gasteiger partial charge is 0.328 e. The summed E-state index contributed by atoms with van der Waals surface area (Å²) in [6.07, 6.45) is 4.77. The Balaban J connectivity index is 2.21. The zero-order chi connectivity index (χ0) is 13.2. The highest BCUT2D eigenvalue weighted by atomic mass is 15.1. The molecule has 1 aromatic carbocycles. The van der Waals surface area contributed by atoms with Crippen LogP contribution in [0.5, 0.6) is 0 Å². The van der Waals surface area contributed by atoms with Gasteiger partial charge in [0.1, 0.15) is 0 Å². The van der Waals surface area contributed by atoms with E-state index in [4.69, 9.17) is 5.73 Å². The molecule has 0 amide bonds. The summed E-state index contributed by atoms with van der Waals surface area (Å²) in [4.78, 5) is 4.20. The van der Waals surface area contributed by atoms with Crippen LogP contribution in [0.15, 0.2) is 36.8 Å². The first-order valence-electron chi connectivity index (χ1n) is 6.38. The van der Waals surface area contributed by atoms with Crippen LogP contribution in [-0.2, 0) is 18.5 Å². The van der Waals surface area contributed by atoms with E-state index in [1.807, 2.05) is 26.4 Å². The van der Waals surface area contributed by atoms with Crippen LogP contribution in [-0.4, -0.2) is 9.55 Å². The molecule has 18 heavy (non-hydrogen) atoms. The zero-order valence-electron chi connectivity index (χ0n) is 11.4. The van der Waals surface area contributed by atoms with Crippen LogP contribution < -0.4 is 5.73 Å². The Bertz CT molecular complexity index is 503. The first-order chi connectivity index (χ1) is 8.50. The fourth-order valence-corrected chi connectivity index (χ4v) is 2.06. The van der Waals surface area contributed by atoms with Crippen molar-refractivity contribution in [3.8, 4) is 0 Å². The van der Waals surface area contributed by atoms with Gasteiger partial charge in [-0.1, -0.05) is 31.2 Å². The molecule has 3 nitrogen and oxygen atoms in total. The van der Waals surface area contributed by atoms with E-state index in [-0.39, 0.29) is 5.54 Å². The average Bonchev–Trinajstić information content (AvgIpc) is 2.78. The lowest BCUT2D eigenvalue weighted by atomic mass is 10.0. The predicted octanol–water partition coefficient (Wildman–Crippen LogP) is 2.69. The number of nitrogens with two attached hydrogens (primary N) is 1. The quantitative estimate of drug-likeness (QED) is 0.897. The van der Waals surface area contributed by atoms with E-state index in [1.54, 1.807) is 0 Å². The van der Waals surface area contributed by atoms with Crippen LogP contribution in [0.25, 0.3) is 0 Å². The SMILES string of the molecule is CCc1ccc(Cn2cncc2C(C)(C)N)cc1. The second kappa shape index (κ2) is 4.94. The van der Waals surface area contributed by atoms with Gasteiger partial charge in [-0.3, -0.25) is 0 Å². The molecule has 0 aliphatic carbocycles. The number of aryl methyl sites for hydroxylation is 1. The topological polar surface area (TPSA) is 43.8 Å². The average molecular weight is 243 g/mol. The molecule has 0 aliphatic rings. The van der Waals surface area contributed by atoms with Gasteiger partial charge in [-0.2, -0.15) is 0 Å². The van der Waals surface area contributed by atoms with Crippen LogP contribution in [0.4, 0.5) is 0 Å². The lowest BCUT2D eigenvalue weighted by Gasteiger charge is -2.20. The van der Waals surface area contributed by atoms with Gasteiger partial charge in [-0.15, -0.1) is 0 Å². The predicted molar refractivity (Wildman–Crippen MR) is 74.4 cm³/mol. The van der Waals surface area contributed by atoms with Crippen molar-refractivity contribution < 1.29 is 0 Å². The van der Waals surface area contributed by atoms with Gasteiger partial charge < -0.3 is 10.3 Å². The Hall–Kier alpha value is -1.61. The number of benzene rings is 1. The molecule has 3 heteroatoms. The van der Waals surface area contributed by atoms with Crippen molar-refractivity contribution in [1.82, 2.24) is 9.55 Å². The van der Waals surface area contributed by atoms with Gasteiger partial charge in [0.2, 0.25) is 0 Å². The summed E-state index contributed by atoms with van der Waals surface area (Å²) in [5.74, 6) is 0. The highest BCUT2D eigenvalue weighted by Crippen LogP contribution is 2.17. The van der Waals surface area contributed by atoms with Gasteiger partial charge >= 0.3 is 0 Å². The van der Waals surface area contributed by atoms with Gasteiger partial charge in [-0.25, -0.2) is 4.98 Å². The molecule has 0 saturated carbocycles. The smallest absolute Gasteiger partial charge is 0.0951 e. The van der Waals surface area contributed by atoms with Crippen molar-refractivity contribution in [3.05, 3.63) is 53.6 Å². The molecule has 1 heterocycles.